The summed E-state index contributed by atoms with van der Waals surface area (Å²) in [7, 11) is -2.15. The van der Waals surface area contributed by atoms with Crippen molar-refractivity contribution >= 4 is 21.8 Å². The van der Waals surface area contributed by atoms with Crippen molar-refractivity contribution in [1.29, 1.82) is 0 Å². The number of ether oxygens (including phenoxy) is 2. The van der Waals surface area contributed by atoms with E-state index in [1.165, 1.54) is 49.6 Å². The van der Waals surface area contributed by atoms with E-state index in [1.807, 2.05) is 0 Å². The Morgan fingerprint density at radius 1 is 0.958 bits per heavy atom. The Hall–Kier alpha value is -2.87. The standard InChI is InChI=1S/C16H14O7S/c1-22-16(19)11-7-10(15(17)18)8-13(9-11)23-12-3-5-14(6-4-12)24(2,20)21/h3-9H,1-2H3,(H,17,18). The Morgan fingerprint density at radius 2 is 1.54 bits per heavy atom. The van der Waals surface area contributed by atoms with Crippen molar-refractivity contribution in [3.63, 3.8) is 0 Å². The number of carbonyl (C=O) groups excluding carboxylic acids is 1. The zero-order valence-corrected chi connectivity index (χ0v) is 13.7. The number of carboxylic acids is 1. The summed E-state index contributed by atoms with van der Waals surface area (Å²) in [6.45, 7) is 0. The lowest BCUT2D eigenvalue weighted by Gasteiger charge is -2.09. The fraction of sp³-hybridized carbons (Fsp3) is 0.125. The third-order valence-electron chi connectivity index (χ3n) is 3.06. The molecule has 1 N–H and O–H groups in total. The van der Waals surface area contributed by atoms with Crippen molar-refractivity contribution in [2.45, 2.75) is 4.90 Å². The SMILES string of the molecule is COC(=O)c1cc(Oc2ccc(S(C)(=O)=O)cc2)cc(C(=O)O)c1. The Morgan fingerprint density at radius 3 is 2.04 bits per heavy atom. The molecule has 0 aliphatic rings. The van der Waals surface area contributed by atoms with Gasteiger partial charge in [-0.25, -0.2) is 18.0 Å². The number of aromatic carboxylic acids is 1. The Balaban J connectivity index is 2.36. The van der Waals surface area contributed by atoms with Gasteiger partial charge in [0.1, 0.15) is 11.5 Å². The van der Waals surface area contributed by atoms with Gasteiger partial charge in [0.2, 0.25) is 0 Å². The van der Waals surface area contributed by atoms with Gasteiger partial charge in [-0.05, 0) is 42.5 Å². The molecule has 0 radical (unpaired) electrons. The summed E-state index contributed by atoms with van der Waals surface area (Å²) in [6, 6.07) is 9.36. The van der Waals surface area contributed by atoms with Gasteiger partial charge in [-0.3, -0.25) is 0 Å². The highest BCUT2D eigenvalue weighted by molar-refractivity contribution is 7.90. The summed E-state index contributed by atoms with van der Waals surface area (Å²) in [5.74, 6) is -1.52. The predicted molar refractivity (Wildman–Crippen MR) is 84.4 cm³/mol. The van der Waals surface area contributed by atoms with E-state index < -0.39 is 21.8 Å². The largest absolute Gasteiger partial charge is 0.478 e. The third kappa shape index (κ3) is 4.11. The van der Waals surface area contributed by atoms with Crippen LogP contribution in [0.2, 0.25) is 0 Å². The first kappa shape index (κ1) is 17.5. The molecule has 2 aromatic carbocycles. The number of methoxy groups -OCH3 is 1. The summed E-state index contributed by atoms with van der Waals surface area (Å²) in [5.41, 5.74) is -0.110. The fourth-order valence-electron chi connectivity index (χ4n) is 1.91. The number of carboxylic acid groups (broad SMARTS) is 1. The van der Waals surface area contributed by atoms with Crippen LogP contribution in [0, 0.1) is 0 Å². The molecular weight excluding hydrogens is 336 g/mol. The van der Waals surface area contributed by atoms with Crippen LogP contribution in [0.25, 0.3) is 0 Å². The average Bonchev–Trinajstić information content (AvgIpc) is 2.53. The van der Waals surface area contributed by atoms with E-state index in [2.05, 4.69) is 4.74 Å². The maximum atomic E-state index is 11.6. The van der Waals surface area contributed by atoms with Crippen LogP contribution in [-0.2, 0) is 14.6 Å². The van der Waals surface area contributed by atoms with Gasteiger partial charge in [-0.2, -0.15) is 0 Å². The molecule has 0 unspecified atom stereocenters. The van der Waals surface area contributed by atoms with E-state index in [9.17, 15) is 18.0 Å². The van der Waals surface area contributed by atoms with E-state index in [1.54, 1.807) is 0 Å². The van der Waals surface area contributed by atoms with Gasteiger partial charge >= 0.3 is 11.9 Å². The van der Waals surface area contributed by atoms with Crippen LogP contribution in [0.3, 0.4) is 0 Å². The maximum Gasteiger partial charge on any atom is 0.338 e. The lowest BCUT2D eigenvalue weighted by atomic mass is 10.1. The van der Waals surface area contributed by atoms with Gasteiger partial charge in [-0.15, -0.1) is 0 Å². The topological polar surface area (TPSA) is 107 Å². The number of carbonyl (C=O) groups is 2. The second-order valence-electron chi connectivity index (χ2n) is 4.89. The number of rotatable bonds is 5. The summed E-state index contributed by atoms with van der Waals surface area (Å²) in [6.07, 6.45) is 1.09. The molecule has 8 heteroatoms. The molecule has 0 aliphatic heterocycles. The molecular formula is C16H14O7S. The van der Waals surface area contributed by atoms with Crippen molar-refractivity contribution in [3.05, 3.63) is 53.6 Å². The van der Waals surface area contributed by atoms with Crippen molar-refractivity contribution in [2.24, 2.45) is 0 Å². The lowest BCUT2D eigenvalue weighted by Crippen LogP contribution is -2.05. The molecule has 0 fully saturated rings. The van der Waals surface area contributed by atoms with Crippen LogP contribution in [-0.4, -0.2) is 38.8 Å². The molecule has 7 nitrogen and oxygen atoms in total. The first-order valence-corrected chi connectivity index (χ1v) is 8.54. The van der Waals surface area contributed by atoms with E-state index in [0.29, 0.717) is 5.75 Å². The molecule has 0 aliphatic carbocycles. The molecule has 0 spiro atoms. The monoisotopic (exact) mass is 350 g/mol. The lowest BCUT2D eigenvalue weighted by molar-refractivity contribution is 0.0600. The summed E-state index contributed by atoms with van der Waals surface area (Å²) < 4.78 is 32.9. The molecule has 0 bridgehead atoms. The van der Waals surface area contributed by atoms with Crippen LogP contribution < -0.4 is 4.74 Å². The molecule has 126 valence electrons. The summed E-state index contributed by atoms with van der Waals surface area (Å²) in [4.78, 5) is 22.9. The third-order valence-corrected chi connectivity index (χ3v) is 4.19. The average molecular weight is 350 g/mol. The minimum absolute atomic E-state index is 0.0279. The highest BCUT2D eigenvalue weighted by atomic mass is 32.2. The van der Waals surface area contributed by atoms with Crippen LogP contribution >= 0.6 is 0 Å². The Labute approximate surface area is 138 Å². The molecule has 2 aromatic rings. The van der Waals surface area contributed by atoms with Crippen molar-refractivity contribution in [2.75, 3.05) is 13.4 Å². The minimum Gasteiger partial charge on any atom is -0.478 e. The quantitative estimate of drug-likeness (QED) is 0.825. The van der Waals surface area contributed by atoms with Crippen LogP contribution in [0.1, 0.15) is 20.7 Å². The Bertz CT molecular complexity index is 883. The van der Waals surface area contributed by atoms with E-state index in [0.717, 1.165) is 6.26 Å². The first-order valence-electron chi connectivity index (χ1n) is 6.65. The van der Waals surface area contributed by atoms with Crippen molar-refractivity contribution < 1.29 is 32.6 Å². The maximum absolute atomic E-state index is 11.6. The number of hydrogen-bond acceptors (Lipinski definition) is 6. The highest BCUT2D eigenvalue weighted by Gasteiger charge is 2.14. The second kappa shape index (κ2) is 6.71. The summed E-state index contributed by atoms with van der Waals surface area (Å²) >= 11 is 0. The van der Waals surface area contributed by atoms with Gasteiger partial charge in [0.05, 0.1) is 23.1 Å². The number of sulfone groups is 1. The van der Waals surface area contributed by atoms with Crippen LogP contribution in [0.4, 0.5) is 0 Å². The molecule has 2 rings (SSSR count). The van der Waals surface area contributed by atoms with Crippen molar-refractivity contribution in [3.8, 4) is 11.5 Å². The molecule has 0 saturated heterocycles. The second-order valence-corrected chi connectivity index (χ2v) is 6.90. The van der Waals surface area contributed by atoms with Gasteiger partial charge in [0.25, 0.3) is 0 Å². The fourth-order valence-corrected chi connectivity index (χ4v) is 2.54. The number of benzene rings is 2. The van der Waals surface area contributed by atoms with Crippen LogP contribution in [0.15, 0.2) is 47.4 Å². The molecule has 0 heterocycles. The van der Waals surface area contributed by atoms with Gasteiger partial charge in [0, 0.05) is 6.26 Å². The van der Waals surface area contributed by atoms with Crippen LogP contribution in [0.5, 0.6) is 11.5 Å². The smallest absolute Gasteiger partial charge is 0.338 e. The normalized spacial score (nSPS) is 10.9. The zero-order chi connectivity index (χ0) is 17.9. The molecule has 0 atom stereocenters. The first-order chi connectivity index (χ1) is 11.2. The van der Waals surface area contributed by atoms with E-state index in [4.69, 9.17) is 9.84 Å². The number of hydrogen-bond donors (Lipinski definition) is 1. The molecule has 0 saturated carbocycles. The Kier molecular flexibility index (Phi) is 4.89. The molecule has 24 heavy (non-hydrogen) atoms. The molecule has 0 amide bonds. The van der Waals surface area contributed by atoms with E-state index >= 15 is 0 Å². The van der Waals surface area contributed by atoms with E-state index in [-0.39, 0.29) is 21.8 Å². The molecule has 0 aromatic heterocycles. The van der Waals surface area contributed by atoms with Gasteiger partial charge in [0.15, 0.2) is 9.84 Å². The van der Waals surface area contributed by atoms with Gasteiger partial charge in [-0.1, -0.05) is 0 Å². The minimum atomic E-state index is -3.33. The zero-order valence-electron chi connectivity index (χ0n) is 12.8. The highest BCUT2D eigenvalue weighted by Crippen LogP contribution is 2.25. The predicted octanol–water partition coefficient (Wildman–Crippen LogP) is 2.37. The van der Waals surface area contributed by atoms with Gasteiger partial charge < -0.3 is 14.6 Å². The number of esters is 1. The summed E-state index contributed by atoms with van der Waals surface area (Å²) in [5, 5.41) is 9.11. The van der Waals surface area contributed by atoms with Crippen molar-refractivity contribution in [1.82, 2.24) is 0 Å².